The van der Waals surface area contributed by atoms with Gasteiger partial charge in [0.1, 0.15) is 11.4 Å². The van der Waals surface area contributed by atoms with Crippen LogP contribution in [0.4, 0.5) is 0 Å². The monoisotopic (exact) mass is 437 g/mol. The lowest BCUT2D eigenvalue weighted by atomic mass is 10.1. The summed E-state index contributed by atoms with van der Waals surface area (Å²) in [6.07, 6.45) is 2.18. The summed E-state index contributed by atoms with van der Waals surface area (Å²) in [7, 11) is 0. The maximum atomic E-state index is 13.0. The molecule has 0 fully saturated rings. The number of aromatic nitrogens is 2. The summed E-state index contributed by atoms with van der Waals surface area (Å²) in [6, 6.07) is 15.4. The molecule has 0 aliphatic rings. The summed E-state index contributed by atoms with van der Waals surface area (Å²) >= 11 is 7.38. The van der Waals surface area contributed by atoms with Gasteiger partial charge in [0.05, 0.1) is 11.7 Å². The van der Waals surface area contributed by atoms with Gasteiger partial charge in [-0.2, -0.15) is 0 Å². The second kappa shape index (κ2) is 8.81. The zero-order valence-electron chi connectivity index (χ0n) is 16.4. The summed E-state index contributed by atoms with van der Waals surface area (Å²) < 4.78 is 1.36. The summed E-state index contributed by atoms with van der Waals surface area (Å²) in [6.45, 7) is 2.50. The molecule has 0 bridgehead atoms. The Bertz CT molecular complexity index is 1260. The van der Waals surface area contributed by atoms with Gasteiger partial charge in [-0.3, -0.25) is 14.2 Å². The Labute approximate surface area is 183 Å². The first-order valence-electron chi connectivity index (χ1n) is 9.56. The molecular formula is C23H20ClN3O2S. The number of benzene rings is 2. The molecule has 5 nitrogen and oxygen atoms in total. The fraction of sp³-hybridized carbons (Fsp3) is 0.174. The number of hydrogen-bond donors (Lipinski definition) is 1. The first-order valence-corrected chi connectivity index (χ1v) is 10.8. The van der Waals surface area contributed by atoms with E-state index in [1.165, 1.54) is 33.4 Å². The van der Waals surface area contributed by atoms with Crippen molar-refractivity contribution in [3.05, 3.63) is 86.7 Å². The fourth-order valence-electron chi connectivity index (χ4n) is 3.36. The highest BCUT2D eigenvalue weighted by molar-refractivity contribution is 7.17. The minimum atomic E-state index is -0.222. The van der Waals surface area contributed by atoms with Gasteiger partial charge in [-0.05, 0) is 42.2 Å². The predicted octanol–water partition coefficient (Wildman–Crippen LogP) is 4.45. The van der Waals surface area contributed by atoms with Gasteiger partial charge in [-0.1, -0.05) is 48.0 Å². The first-order chi connectivity index (χ1) is 14.5. The van der Waals surface area contributed by atoms with Crippen LogP contribution < -0.4 is 10.9 Å². The van der Waals surface area contributed by atoms with Crippen LogP contribution in [0.15, 0.2) is 65.0 Å². The van der Waals surface area contributed by atoms with E-state index >= 15 is 0 Å². The Morgan fingerprint density at radius 2 is 1.93 bits per heavy atom. The van der Waals surface area contributed by atoms with Crippen LogP contribution in [0.2, 0.25) is 5.02 Å². The topological polar surface area (TPSA) is 64.0 Å². The molecule has 0 aliphatic carbocycles. The summed E-state index contributed by atoms with van der Waals surface area (Å²) in [4.78, 5) is 30.5. The highest BCUT2D eigenvalue weighted by atomic mass is 35.5. The third kappa shape index (κ3) is 4.30. The number of carbonyl (C=O) groups excluding carboxylic acids is 1. The van der Waals surface area contributed by atoms with Crippen molar-refractivity contribution in [1.82, 2.24) is 14.9 Å². The van der Waals surface area contributed by atoms with Gasteiger partial charge in [0.25, 0.3) is 5.56 Å². The number of rotatable bonds is 6. The average Bonchev–Trinajstić information content (AvgIpc) is 3.17. The number of halogens is 1. The lowest BCUT2D eigenvalue weighted by Gasteiger charge is -2.09. The quantitative estimate of drug-likeness (QED) is 0.484. The van der Waals surface area contributed by atoms with Crippen LogP contribution in [0.25, 0.3) is 21.3 Å². The largest absolute Gasteiger partial charge is 0.354 e. The van der Waals surface area contributed by atoms with Crippen LogP contribution in [-0.2, 0) is 17.8 Å². The third-order valence-electron chi connectivity index (χ3n) is 5.01. The standard InChI is InChI=1S/C23H20ClN3O2S/c1-15-4-2-3-5-16(15)10-11-25-20(28)12-27-14-26-22-21(23(27)29)19(13-30-22)17-6-8-18(24)9-7-17/h2-9,13-14H,10-12H2,1H3,(H,25,28). The van der Waals surface area contributed by atoms with E-state index in [9.17, 15) is 9.59 Å². The minimum absolute atomic E-state index is 0.0640. The molecule has 152 valence electrons. The molecule has 2 aromatic heterocycles. The summed E-state index contributed by atoms with van der Waals surface area (Å²) in [5.74, 6) is -0.213. The van der Waals surface area contributed by atoms with E-state index in [4.69, 9.17) is 11.6 Å². The van der Waals surface area contributed by atoms with Crippen LogP contribution in [0.1, 0.15) is 11.1 Å². The minimum Gasteiger partial charge on any atom is -0.354 e. The van der Waals surface area contributed by atoms with Crippen molar-refractivity contribution in [2.24, 2.45) is 0 Å². The normalized spacial score (nSPS) is 11.0. The molecular weight excluding hydrogens is 418 g/mol. The highest BCUT2D eigenvalue weighted by Gasteiger charge is 2.14. The van der Waals surface area contributed by atoms with Crippen molar-refractivity contribution in [3.8, 4) is 11.1 Å². The van der Waals surface area contributed by atoms with Crippen molar-refractivity contribution < 1.29 is 4.79 Å². The molecule has 0 saturated carbocycles. The van der Waals surface area contributed by atoms with E-state index < -0.39 is 0 Å². The van der Waals surface area contributed by atoms with Crippen molar-refractivity contribution in [2.75, 3.05) is 6.54 Å². The molecule has 4 aromatic rings. The molecule has 0 aliphatic heterocycles. The van der Waals surface area contributed by atoms with Crippen molar-refractivity contribution in [3.63, 3.8) is 0 Å². The SMILES string of the molecule is Cc1ccccc1CCNC(=O)Cn1cnc2scc(-c3ccc(Cl)cc3)c2c1=O. The second-order valence-electron chi connectivity index (χ2n) is 7.04. The average molecular weight is 438 g/mol. The number of carbonyl (C=O) groups is 1. The lowest BCUT2D eigenvalue weighted by Crippen LogP contribution is -2.33. The number of hydrogen-bond acceptors (Lipinski definition) is 4. The van der Waals surface area contributed by atoms with Gasteiger partial charge in [0, 0.05) is 22.5 Å². The molecule has 2 heterocycles. The van der Waals surface area contributed by atoms with E-state index in [1.807, 2.05) is 29.6 Å². The number of fused-ring (bicyclic) bond motifs is 1. The van der Waals surface area contributed by atoms with Gasteiger partial charge in [0.2, 0.25) is 5.91 Å². The smallest absolute Gasteiger partial charge is 0.263 e. The zero-order valence-corrected chi connectivity index (χ0v) is 18.0. The molecule has 30 heavy (non-hydrogen) atoms. The highest BCUT2D eigenvalue weighted by Crippen LogP contribution is 2.31. The Kier molecular flexibility index (Phi) is 5.97. The van der Waals surface area contributed by atoms with Crippen molar-refractivity contribution in [1.29, 1.82) is 0 Å². The molecule has 4 rings (SSSR count). The Balaban J connectivity index is 1.50. The summed E-state index contributed by atoms with van der Waals surface area (Å²) in [5, 5.41) is 5.96. The van der Waals surface area contributed by atoms with Crippen LogP contribution in [0.3, 0.4) is 0 Å². The van der Waals surface area contributed by atoms with Gasteiger partial charge >= 0.3 is 0 Å². The fourth-order valence-corrected chi connectivity index (χ4v) is 4.39. The van der Waals surface area contributed by atoms with E-state index in [2.05, 4.69) is 29.4 Å². The maximum Gasteiger partial charge on any atom is 0.263 e. The maximum absolute atomic E-state index is 13.0. The summed E-state index contributed by atoms with van der Waals surface area (Å²) in [5.41, 5.74) is 3.87. The van der Waals surface area contributed by atoms with Gasteiger partial charge < -0.3 is 5.32 Å². The van der Waals surface area contributed by atoms with Crippen LogP contribution in [-0.4, -0.2) is 22.0 Å². The lowest BCUT2D eigenvalue weighted by molar-refractivity contribution is -0.121. The number of nitrogens with one attached hydrogen (secondary N) is 1. The number of nitrogens with zero attached hydrogens (tertiary/aromatic N) is 2. The Morgan fingerprint density at radius 3 is 2.70 bits per heavy atom. The van der Waals surface area contributed by atoms with Gasteiger partial charge in [-0.15, -0.1) is 11.3 Å². The number of amides is 1. The molecule has 0 saturated heterocycles. The van der Waals surface area contributed by atoms with Crippen LogP contribution in [0.5, 0.6) is 0 Å². The number of aryl methyl sites for hydroxylation is 1. The predicted molar refractivity (Wildman–Crippen MR) is 122 cm³/mol. The van der Waals surface area contributed by atoms with Gasteiger partial charge in [0.15, 0.2) is 0 Å². The zero-order chi connectivity index (χ0) is 21.1. The van der Waals surface area contributed by atoms with E-state index in [-0.39, 0.29) is 18.0 Å². The Morgan fingerprint density at radius 1 is 1.17 bits per heavy atom. The van der Waals surface area contributed by atoms with E-state index in [1.54, 1.807) is 12.1 Å². The first kappa shape index (κ1) is 20.3. The third-order valence-corrected chi connectivity index (χ3v) is 6.15. The van der Waals surface area contributed by atoms with E-state index in [0.717, 1.165) is 17.5 Å². The molecule has 0 atom stereocenters. The molecule has 7 heteroatoms. The molecule has 1 amide bonds. The molecule has 2 aromatic carbocycles. The molecule has 1 N–H and O–H groups in total. The number of thiophene rings is 1. The second-order valence-corrected chi connectivity index (χ2v) is 8.34. The van der Waals surface area contributed by atoms with Crippen molar-refractivity contribution >= 4 is 39.1 Å². The van der Waals surface area contributed by atoms with E-state index in [0.29, 0.717) is 21.8 Å². The Hall–Kier alpha value is -2.96. The van der Waals surface area contributed by atoms with Crippen molar-refractivity contribution in [2.45, 2.75) is 19.9 Å². The molecule has 0 radical (unpaired) electrons. The van der Waals surface area contributed by atoms with Crippen LogP contribution >= 0.6 is 22.9 Å². The van der Waals surface area contributed by atoms with Crippen LogP contribution in [0, 0.1) is 6.92 Å². The van der Waals surface area contributed by atoms with Gasteiger partial charge in [-0.25, -0.2) is 4.98 Å². The molecule has 0 unspecified atom stereocenters. The molecule has 0 spiro atoms.